The van der Waals surface area contributed by atoms with E-state index in [0.717, 1.165) is 6.42 Å². The minimum Gasteiger partial charge on any atom is -0.410 e. The standard InChI is InChI=1S/C12H12FN3O2/c13-9-4-2-8(3-5-9)11(17)10(16-18)12-14-6-1-7-15-12/h2-5,18H,1,6-7H2,(H,14,15)/b16-10-. The third kappa shape index (κ3) is 2.53. The summed E-state index contributed by atoms with van der Waals surface area (Å²) >= 11 is 0. The maximum atomic E-state index is 12.8. The van der Waals surface area contributed by atoms with Gasteiger partial charge in [0, 0.05) is 18.7 Å². The van der Waals surface area contributed by atoms with E-state index in [1.54, 1.807) is 0 Å². The van der Waals surface area contributed by atoms with E-state index in [9.17, 15) is 9.18 Å². The SMILES string of the molecule is O=C(/C(=N/O)C1=NCCCN1)c1ccc(F)cc1. The molecular weight excluding hydrogens is 237 g/mol. The van der Waals surface area contributed by atoms with Crippen molar-refractivity contribution in [3.8, 4) is 0 Å². The lowest BCUT2D eigenvalue weighted by Crippen LogP contribution is -2.39. The second kappa shape index (κ2) is 5.39. The molecule has 0 radical (unpaired) electrons. The van der Waals surface area contributed by atoms with Crippen LogP contribution in [0.25, 0.3) is 0 Å². The molecule has 1 aliphatic rings. The first-order valence-electron chi connectivity index (χ1n) is 5.53. The molecule has 1 aromatic carbocycles. The van der Waals surface area contributed by atoms with Crippen molar-refractivity contribution < 1.29 is 14.4 Å². The second-order valence-electron chi connectivity index (χ2n) is 3.80. The lowest BCUT2D eigenvalue weighted by molar-refractivity contribution is 0.106. The average Bonchev–Trinajstić information content (AvgIpc) is 2.41. The number of aliphatic imine (C=N–C) groups is 1. The molecule has 0 unspecified atom stereocenters. The van der Waals surface area contributed by atoms with Crippen molar-refractivity contribution in [2.75, 3.05) is 13.1 Å². The maximum Gasteiger partial charge on any atom is 0.218 e. The fourth-order valence-electron chi connectivity index (χ4n) is 1.63. The van der Waals surface area contributed by atoms with E-state index in [1.807, 2.05) is 0 Å². The highest BCUT2D eigenvalue weighted by molar-refractivity contribution is 6.69. The van der Waals surface area contributed by atoms with Crippen LogP contribution in [0.4, 0.5) is 4.39 Å². The van der Waals surface area contributed by atoms with E-state index in [0.29, 0.717) is 13.1 Å². The summed E-state index contributed by atoms with van der Waals surface area (Å²) in [5, 5.41) is 14.8. The molecule has 1 heterocycles. The summed E-state index contributed by atoms with van der Waals surface area (Å²) in [4.78, 5) is 16.1. The third-order valence-corrected chi connectivity index (χ3v) is 2.54. The molecule has 0 saturated heterocycles. The van der Waals surface area contributed by atoms with Gasteiger partial charge < -0.3 is 10.5 Å². The van der Waals surface area contributed by atoms with Crippen LogP contribution in [0.5, 0.6) is 0 Å². The van der Waals surface area contributed by atoms with Crippen LogP contribution >= 0.6 is 0 Å². The topological polar surface area (TPSA) is 74.0 Å². The number of carbonyl (C=O) groups is 1. The lowest BCUT2D eigenvalue weighted by Gasteiger charge is -2.14. The van der Waals surface area contributed by atoms with Gasteiger partial charge in [0.2, 0.25) is 5.78 Å². The Morgan fingerprint density at radius 2 is 2.11 bits per heavy atom. The molecule has 1 aliphatic heterocycles. The number of ketones is 1. The molecule has 0 aliphatic carbocycles. The van der Waals surface area contributed by atoms with Crippen molar-refractivity contribution in [1.82, 2.24) is 5.32 Å². The number of hydrogen-bond acceptors (Lipinski definition) is 5. The predicted molar refractivity (Wildman–Crippen MR) is 64.9 cm³/mol. The predicted octanol–water partition coefficient (Wildman–Crippen LogP) is 1.23. The molecule has 0 saturated carbocycles. The van der Waals surface area contributed by atoms with Gasteiger partial charge >= 0.3 is 0 Å². The van der Waals surface area contributed by atoms with E-state index in [2.05, 4.69) is 15.5 Å². The minimum atomic E-state index is -0.495. The molecule has 0 bridgehead atoms. The molecule has 2 N–H and O–H groups in total. The highest BCUT2D eigenvalue weighted by Gasteiger charge is 2.21. The maximum absolute atomic E-state index is 12.8. The van der Waals surface area contributed by atoms with E-state index >= 15 is 0 Å². The molecule has 0 aromatic heterocycles. The number of Topliss-reactive ketones (excluding diaryl/α,β-unsaturated/α-hetero) is 1. The van der Waals surface area contributed by atoms with Crippen LogP contribution in [0, 0.1) is 5.82 Å². The summed E-state index contributed by atoms with van der Waals surface area (Å²) < 4.78 is 12.8. The number of nitrogens with zero attached hydrogens (tertiary/aromatic N) is 2. The number of benzene rings is 1. The van der Waals surface area contributed by atoms with Crippen LogP contribution in [0.3, 0.4) is 0 Å². The van der Waals surface area contributed by atoms with Gasteiger partial charge in [0.05, 0.1) is 0 Å². The van der Waals surface area contributed by atoms with Gasteiger partial charge in [0.15, 0.2) is 11.5 Å². The Morgan fingerprint density at radius 3 is 2.67 bits per heavy atom. The lowest BCUT2D eigenvalue weighted by atomic mass is 10.1. The summed E-state index contributed by atoms with van der Waals surface area (Å²) in [6, 6.07) is 5.04. The molecule has 0 amide bonds. The first kappa shape index (κ1) is 12.2. The van der Waals surface area contributed by atoms with Crippen molar-refractivity contribution in [2.24, 2.45) is 10.1 Å². The van der Waals surface area contributed by atoms with Gasteiger partial charge in [-0.25, -0.2) is 4.39 Å². The average molecular weight is 249 g/mol. The summed E-state index contributed by atoms with van der Waals surface area (Å²) in [7, 11) is 0. The number of carbonyl (C=O) groups excluding carboxylic acids is 1. The van der Waals surface area contributed by atoms with Crippen LogP contribution < -0.4 is 5.32 Å². The van der Waals surface area contributed by atoms with Crippen molar-refractivity contribution in [1.29, 1.82) is 0 Å². The first-order chi connectivity index (χ1) is 8.72. The molecule has 0 fully saturated rings. The summed E-state index contributed by atoms with van der Waals surface area (Å²) in [6.45, 7) is 1.26. The van der Waals surface area contributed by atoms with Gasteiger partial charge in [0.25, 0.3) is 0 Å². The van der Waals surface area contributed by atoms with Crippen LogP contribution in [0.2, 0.25) is 0 Å². The Bertz CT molecular complexity index is 509. The molecule has 0 atom stereocenters. The number of halogens is 1. The summed E-state index contributed by atoms with van der Waals surface area (Å²) in [5.41, 5.74) is 0.0978. The number of rotatable bonds is 3. The fraction of sp³-hybridized carbons (Fsp3) is 0.250. The van der Waals surface area contributed by atoms with Crippen molar-refractivity contribution in [2.45, 2.75) is 6.42 Å². The second-order valence-corrected chi connectivity index (χ2v) is 3.80. The Morgan fingerprint density at radius 1 is 1.39 bits per heavy atom. The summed E-state index contributed by atoms with van der Waals surface area (Å²) in [5.74, 6) is -0.647. The zero-order chi connectivity index (χ0) is 13.0. The van der Waals surface area contributed by atoms with Crippen LogP contribution in [-0.4, -0.2) is 35.6 Å². The smallest absolute Gasteiger partial charge is 0.218 e. The van der Waals surface area contributed by atoms with Crippen molar-refractivity contribution in [3.63, 3.8) is 0 Å². The molecule has 6 heteroatoms. The summed E-state index contributed by atoms with van der Waals surface area (Å²) in [6.07, 6.45) is 0.868. The van der Waals surface area contributed by atoms with Crippen LogP contribution in [0.1, 0.15) is 16.8 Å². The third-order valence-electron chi connectivity index (χ3n) is 2.54. The van der Waals surface area contributed by atoms with Gasteiger partial charge in [-0.2, -0.15) is 0 Å². The van der Waals surface area contributed by atoms with Gasteiger partial charge in [-0.3, -0.25) is 9.79 Å². The van der Waals surface area contributed by atoms with E-state index in [4.69, 9.17) is 5.21 Å². The normalized spacial score (nSPS) is 15.8. The van der Waals surface area contributed by atoms with E-state index in [1.165, 1.54) is 24.3 Å². The Labute approximate surface area is 103 Å². The number of amidine groups is 1. The zero-order valence-electron chi connectivity index (χ0n) is 9.56. The molecule has 18 heavy (non-hydrogen) atoms. The number of nitrogens with one attached hydrogen (secondary N) is 1. The van der Waals surface area contributed by atoms with Gasteiger partial charge in [-0.1, -0.05) is 5.16 Å². The Hall–Kier alpha value is -2.24. The van der Waals surface area contributed by atoms with E-state index in [-0.39, 0.29) is 17.1 Å². The highest BCUT2D eigenvalue weighted by Crippen LogP contribution is 2.06. The van der Waals surface area contributed by atoms with Gasteiger partial charge in [-0.15, -0.1) is 0 Å². The molecule has 1 aromatic rings. The number of oxime groups is 1. The van der Waals surface area contributed by atoms with Crippen molar-refractivity contribution >= 4 is 17.3 Å². The monoisotopic (exact) mass is 249 g/mol. The van der Waals surface area contributed by atoms with Crippen LogP contribution in [-0.2, 0) is 0 Å². The molecule has 2 rings (SSSR count). The molecule has 5 nitrogen and oxygen atoms in total. The van der Waals surface area contributed by atoms with E-state index < -0.39 is 11.6 Å². The Balaban J connectivity index is 2.25. The zero-order valence-corrected chi connectivity index (χ0v) is 9.56. The molecular formula is C12H12FN3O2. The van der Waals surface area contributed by atoms with Gasteiger partial charge in [-0.05, 0) is 30.7 Å². The fourth-order valence-corrected chi connectivity index (χ4v) is 1.63. The largest absolute Gasteiger partial charge is 0.410 e. The van der Waals surface area contributed by atoms with Crippen LogP contribution in [0.15, 0.2) is 34.4 Å². The Kier molecular flexibility index (Phi) is 3.66. The quantitative estimate of drug-likeness (QED) is 0.366. The first-order valence-corrected chi connectivity index (χ1v) is 5.53. The van der Waals surface area contributed by atoms with Crippen molar-refractivity contribution in [3.05, 3.63) is 35.6 Å². The molecule has 94 valence electrons. The van der Waals surface area contributed by atoms with Gasteiger partial charge in [0.1, 0.15) is 5.82 Å². The molecule has 0 spiro atoms. The minimum absolute atomic E-state index is 0.152. The number of hydrogen-bond donors (Lipinski definition) is 2. The highest BCUT2D eigenvalue weighted by atomic mass is 19.1.